The van der Waals surface area contributed by atoms with Crippen LogP contribution in [0.3, 0.4) is 0 Å². The first-order valence-corrected chi connectivity index (χ1v) is 5.53. The van der Waals surface area contributed by atoms with Crippen molar-refractivity contribution in [2.45, 2.75) is 19.6 Å². The average molecular weight is 275 g/mol. The molecule has 0 spiro atoms. The zero-order valence-electron chi connectivity index (χ0n) is 8.83. The first-order chi connectivity index (χ1) is 7.04. The SMILES string of the molecule is CNCC(O)Cn1cc(Br)cc(C)c1=O. The Kier molecular flexibility index (Phi) is 4.50. The van der Waals surface area contributed by atoms with Crippen molar-refractivity contribution in [3.8, 4) is 0 Å². The van der Waals surface area contributed by atoms with Gasteiger partial charge in [0, 0.05) is 22.8 Å². The molecule has 0 aliphatic heterocycles. The number of rotatable bonds is 4. The molecule has 0 saturated heterocycles. The summed E-state index contributed by atoms with van der Waals surface area (Å²) in [6.45, 7) is 2.53. The topological polar surface area (TPSA) is 54.3 Å². The van der Waals surface area contributed by atoms with Gasteiger partial charge in [-0.15, -0.1) is 0 Å². The van der Waals surface area contributed by atoms with Gasteiger partial charge in [0.1, 0.15) is 0 Å². The normalized spacial score (nSPS) is 12.8. The van der Waals surface area contributed by atoms with E-state index in [2.05, 4.69) is 21.2 Å². The van der Waals surface area contributed by atoms with Crippen molar-refractivity contribution in [2.75, 3.05) is 13.6 Å². The molecule has 0 saturated carbocycles. The highest BCUT2D eigenvalue weighted by molar-refractivity contribution is 9.10. The van der Waals surface area contributed by atoms with Crippen molar-refractivity contribution in [1.29, 1.82) is 0 Å². The van der Waals surface area contributed by atoms with Gasteiger partial charge in [0.2, 0.25) is 0 Å². The number of aliphatic hydroxyl groups excluding tert-OH is 1. The Morgan fingerprint density at radius 2 is 2.33 bits per heavy atom. The molecule has 0 aliphatic rings. The summed E-state index contributed by atoms with van der Waals surface area (Å²) >= 11 is 3.32. The second kappa shape index (κ2) is 5.44. The summed E-state index contributed by atoms with van der Waals surface area (Å²) in [5.41, 5.74) is 0.606. The first-order valence-electron chi connectivity index (χ1n) is 4.74. The van der Waals surface area contributed by atoms with Gasteiger partial charge in [0.05, 0.1) is 12.6 Å². The lowest BCUT2D eigenvalue weighted by molar-refractivity contribution is 0.152. The third-order valence-corrected chi connectivity index (χ3v) is 2.51. The summed E-state index contributed by atoms with van der Waals surface area (Å²) in [6, 6.07) is 1.77. The van der Waals surface area contributed by atoms with Gasteiger partial charge < -0.3 is 15.0 Å². The molecule has 4 nitrogen and oxygen atoms in total. The highest BCUT2D eigenvalue weighted by Gasteiger charge is 2.07. The number of nitrogens with one attached hydrogen (secondary N) is 1. The minimum Gasteiger partial charge on any atom is -0.390 e. The van der Waals surface area contributed by atoms with Crippen molar-refractivity contribution < 1.29 is 5.11 Å². The van der Waals surface area contributed by atoms with Crippen LogP contribution in [0.2, 0.25) is 0 Å². The second-order valence-electron chi connectivity index (χ2n) is 3.51. The standard InChI is InChI=1S/C10H15BrN2O2/c1-7-3-8(11)5-13(10(7)15)6-9(14)4-12-2/h3,5,9,12,14H,4,6H2,1-2H3. The molecule has 5 heteroatoms. The third kappa shape index (κ3) is 3.44. The second-order valence-corrected chi connectivity index (χ2v) is 4.43. The first kappa shape index (κ1) is 12.4. The summed E-state index contributed by atoms with van der Waals surface area (Å²) in [5.74, 6) is 0. The largest absolute Gasteiger partial charge is 0.390 e. The maximum Gasteiger partial charge on any atom is 0.253 e. The summed E-state index contributed by atoms with van der Waals surface area (Å²) < 4.78 is 2.36. The number of aromatic nitrogens is 1. The fraction of sp³-hybridized carbons (Fsp3) is 0.500. The van der Waals surface area contributed by atoms with Crippen molar-refractivity contribution in [2.24, 2.45) is 0 Å². The molecule has 15 heavy (non-hydrogen) atoms. The number of hydrogen-bond donors (Lipinski definition) is 2. The van der Waals surface area contributed by atoms with E-state index in [-0.39, 0.29) is 5.56 Å². The molecule has 0 aliphatic carbocycles. The molecule has 0 amide bonds. The Bertz CT molecular complexity index is 389. The zero-order chi connectivity index (χ0) is 11.4. The number of halogens is 1. The maximum atomic E-state index is 11.7. The molecule has 0 radical (unpaired) electrons. The molecule has 1 heterocycles. The average Bonchev–Trinajstić information content (AvgIpc) is 2.13. The van der Waals surface area contributed by atoms with Crippen molar-refractivity contribution >= 4 is 15.9 Å². The van der Waals surface area contributed by atoms with Gasteiger partial charge in [-0.05, 0) is 36.0 Å². The van der Waals surface area contributed by atoms with E-state index in [1.807, 2.05) is 0 Å². The number of hydrogen-bond acceptors (Lipinski definition) is 3. The van der Waals surface area contributed by atoms with Gasteiger partial charge >= 0.3 is 0 Å². The monoisotopic (exact) mass is 274 g/mol. The van der Waals surface area contributed by atoms with E-state index in [9.17, 15) is 9.90 Å². The molecule has 0 fully saturated rings. The van der Waals surface area contributed by atoms with Crippen LogP contribution in [-0.4, -0.2) is 29.4 Å². The molecule has 1 unspecified atom stereocenters. The van der Waals surface area contributed by atoms with Crippen molar-refractivity contribution in [3.05, 3.63) is 32.7 Å². The summed E-state index contributed by atoms with van der Waals surface area (Å²) in [7, 11) is 1.76. The van der Waals surface area contributed by atoms with Gasteiger partial charge in [-0.2, -0.15) is 0 Å². The van der Waals surface area contributed by atoms with Crippen molar-refractivity contribution in [1.82, 2.24) is 9.88 Å². The van der Waals surface area contributed by atoms with Gasteiger partial charge in [0.25, 0.3) is 5.56 Å². The molecular formula is C10H15BrN2O2. The fourth-order valence-electron chi connectivity index (χ4n) is 1.40. The number of aryl methyl sites for hydroxylation is 1. The van der Waals surface area contributed by atoms with Crippen molar-refractivity contribution in [3.63, 3.8) is 0 Å². The highest BCUT2D eigenvalue weighted by atomic mass is 79.9. The van der Waals surface area contributed by atoms with E-state index in [4.69, 9.17) is 0 Å². The molecule has 1 aromatic rings. The van der Waals surface area contributed by atoms with Crippen LogP contribution in [0.1, 0.15) is 5.56 Å². The van der Waals surface area contributed by atoms with E-state index in [0.29, 0.717) is 18.7 Å². The van der Waals surface area contributed by atoms with Crippen LogP contribution in [0, 0.1) is 6.92 Å². The molecular weight excluding hydrogens is 260 g/mol. The molecule has 0 aromatic carbocycles. The Morgan fingerprint density at radius 1 is 1.67 bits per heavy atom. The van der Waals surface area contributed by atoms with Crippen LogP contribution >= 0.6 is 15.9 Å². The van der Waals surface area contributed by atoms with Gasteiger partial charge in [-0.1, -0.05) is 0 Å². The molecule has 1 atom stereocenters. The molecule has 84 valence electrons. The van der Waals surface area contributed by atoms with E-state index >= 15 is 0 Å². The van der Waals surface area contributed by atoms with Crippen LogP contribution < -0.4 is 10.9 Å². The van der Waals surface area contributed by atoms with Crippen LogP contribution in [0.4, 0.5) is 0 Å². The smallest absolute Gasteiger partial charge is 0.253 e. The Balaban J connectivity index is 2.90. The summed E-state index contributed by atoms with van der Waals surface area (Å²) in [4.78, 5) is 11.7. The Hall–Kier alpha value is -0.650. The minimum atomic E-state index is -0.554. The number of pyridine rings is 1. The lowest BCUT2D eigenvalue weighted by Crippen LogP contribution is -2.33. The lowest BCUT2D eigenvalue weighted by atomic mass is 10.3. The van der Waals surface area contributed by atoms with E-state index in [1.54, 1.807) is 26.2 Å². The van der Waals surface area contributed by atoms with Crippen LogP contribution in [0.15, 0.2) is 21.5 Å². The zero-order valence-corrected chi connectivity index (χ0v) is 10.4. The van der Waals surface area contributed by atoms with E-state index in [0.717, 1.165) is 4.47 Å². The number of likely N-dealkylation sites (N-methyl/N-ethyl adjacent to an activating group) is 1. The van der Waals surface area contributed by atoms with E-state index < -0.39 is 6.10 Å². The fourth-order valence-corrected chi connectivity index (χ4v) is 1.99. The van der Waals surface area contributed by atoms with Crippen LogP contribution in [0.25, 0.3) is 0 Å². The number of nitrogens with zero attached hydrogens (tertiary/aromatic N) is 1. The predicted octanol–water partition coefficient (Wildman–Crippen LogP) is 0.500. The van der Waals surface area contributed by atoms with Crippen LogP contribution in [-0.2, 0) is 6.54 Å². The quantitative estimate of drug-likeness (QED) is 0.841. The number of aliphatic hydroxyl groups is 1. The molecule has 1 aromatic heterocycles. The molecule has 0 bridgehead atoms. The van der Waals surface area contributed by atoms with Gasteiger partial charge in [-0.3, -0.25) is 4.79 Å². The van der Waals surface area contributed by atoms with Gasteiger partial charge in [0.15, 0.2) is 0 Å². The maximum absolute atomic E-state index is 11.7. The summed E-state index contributed by atoms with van der Waals surface area (Å²) in [5, 5.41) is 12.4. The Morgan fingerprint density at radius 3 is 2.93 bits per heavy atom. The molecule has 2 N–H and O–H groups in total. The lowest BCUT2D eigenvalue weighted by Gasteiger charge is -2.12. The summed E-state index contributed by atoms with van der Waals surface area (Å²) in [6.07, 6.45) is 1.13. The molecule has 1 rings (SSSR count). The third-order valence-electron chi connectivity index (χ3n) is 2.08. The minimum absolute atomic E-state index is 0.0617. The van der Waals surface area contributed by atoms with E-state index in [1.165, 1.54) is 4.57 Å². The van der Waals surface area contributed by atoms with Gasteiger partial charge in [-0.25, -0.2) is 0 Å². The Labute approximate surface area is 97.1 Å². The predicted molar refractivity (Wildman–Crippen MR) is 63.1 cm³/mol. The van der Waals surface area contributed by atoms with Crippen LogP contribution in [0.5, 0.6) is 0 Å². The highest BCUT2D eigenvalue weighted by Crippen LogP contribution is 2.08.